The number of ether oxygens (including phenoxy) is 1. The number of carbonyl (C=O) groups excluding carboxylic acids is 1. The van der Waals surface area contributed by atoms with E-state index in [-0.39, 0.29) is 60.6 Å². The molecule has 0 saturated carbocycles. The zero-order chi connectivity index (χ0) is 37.9. The van der Waals surface area contributed by atoms with Crippen molar-refractivity contribution in [3.05, 3.63) is 104 Å². The molecule has 0 radical (unpaired) electrons. The van der Waals surface area contributed by atoms with Crippen LogP contribution in [0, 0.1) is 12.7 Å². The maximum absolute atomic E-state index is 15.5. The molecule has 1 aliphatic heterocycles. The minimum atomic E-state index is -3.15. The van der Waals surface area contributed by atoms with Crippen molar-refractivity contribution in [3.63, 3.8) is 0 Å². The molecule has 274 valence electrons. The van der Waals surface area contributed by atoms with Gasteiger partial charge in [-0.25, -0.2) is 27.3 Å². The zero-order valence-electron chi connectivity index (χ0n) is 29.3. The van der Waals surface area contributed by atoms with Crippen LogP contribution in [0.1, 0.15) is 49.2 Å². The van der Waals surface area contributed by atoms with Crippen LogP contribution in [0.4, 0.5) is 18.9 Å². The maximum Gasteiger partial charge on any atom is 0.336 e. The second kappa shape index (κ2) is 15.4. The summed E-state index contributed by atoms with van der Waals surface area (Å²) >= 11 is 0. The van der Waals surface area contributed by atoms with E-state index in [1.54, 1.807) is 25.1 Å². The second-order valence-corrected chi connectivity index (χ2v) is 12.1. The normalized spacial score (nSPS) is 15.2. The molecule has 1 fully saturated rings. The third-order valence-electron chi connectivity index (χ3n) is 8.91. The van der Waals surface area contributed by atoms with Crippen molar-refractivity contribution < 1.29 is 32.6 Å². The average molecular weight is 721 g/mol. The van der Waals surface area contributed by atoms with Crippen molar-refractivity contribution in [1.82, 2.24) is 24.4 Å². The van der Waals surface area contributed by atoms with E-state index in [1.165, 1.54) is 53.2 Å². The van der Waals surface area contributed by atoms with Crippen molar-refractivity contribution in [3.8, 4) is 5.69 Å². The number of nitrogens with zero attached hydrogens (tertiary/aromatic N) is 5. The molecule has 4 heterocycles. The summed E-state index contributed by atoms with van der Waals surface area (Å²) in [5.41, 5.74) is -0.118. The molecule has 2 aromatic carbocycles. The van der Waals surface area contributed by atoms with E-state index in [0.29, 0.717) is 16.5 Å². The van der Waals surface area contributed by atoms with Crippen LogP contribution >= 0.6 is 0 Å². The lowest BCUT2D eigenvalue weighted by Crippen LogP contribution is -2.54. The Morgan fingerprint density at radius 3 is 2.54 bits per heavy atom. The number of aliphatic carboxylic acids is 1. The summed E-state index contributed by atoms with van der Waals surface area (Å²) in [4.78, 5) is 62.8. The molecule has 3 aromatic heterocycles. The van der Waals surface area contributed by atoms with Crippen molar-refractivity contribution in [1.29, 1.82) is 0 Å². The summed E-state index contributed by atoms with van der Waals surface area (Å²) in [6.07, 6.45) is 4.10. The number of halogens is 3. The highest BCUT2D eigenvalue weighted by Crippen LogP contribution is 2.32. The molecule has 1 amide bonds. The Kier molecular flexibility index (Phi) is 11.1. The number of alkyl halides is 2. The van der Waals surface area contributed by atoms with Gasteiger partial charge in [0, 0.05) is 49.9 Å². The van der Waals surface area contributed by atoms with E-state index in [1.807, 2.05) is 13.8 Å². The summed E-state index contributed by atoms with van der Waals surface area (Å²) in [6, 6.07) is 7.33. The minimum Gasteiger partial charge on any atom is -0.480 e. The molecular weight excluding hydrogens is 681 g/mol. The first-order chi connectivity index (χ1) is 24.8. The summed E-state index contributed by atoms with van der Waals surface area (Å²) in [5, 5.41) is 13.2. The topological polar surface area (TPSA) is 149 Å². The first kappa shape index (κ1) is 37.7. The number of aromatic nitrogens is 4. The quantitative estimate of drug-likeness (QED) is 0.218. The fourth-order valence-corrected chi connectivity index (χ4v) is 6.47. The van der Waals surface area contributed by atoms with Gasteiger partial charge >= 0.3 is 11.7 Å². The fourth-order valence-electron chi connectivity index (χ4n) is 6.47. The highest BCUT2D eigenvalue weighted by atomic mass is 19.3. The van der Waals surface area contributed by atoms with Gasteiger partial charge in [0.25, 0.3) is 17.4 Å². The molecule has 1 saturated heterocycles. The summed E-state index contributed by atoms with van der Waals surface area (Å²) in [5.74, 6) is -6.55. The number of fused-ring (bicyclic) bond motifs is 2. The molecule has 2 N–H and O–H groups in total. The first-order valence-corrected chi connectivity index (χ1v) is 16.8. The van der Waals surface area contributed by atoms with Crippen molar-refractivity contribution in [2.75, 3.05) is 24.7 Å². The lowest BCUT2D eigenvalue weighted by Gasteiger charge is -2.40. The van der Waals surface area contributed by atoms with Crippen LogP contribution < -0.4 is 21.5 Å². The largest absolute Gasteiger partial charge is 0.480 e. The number of rotatable bonds is 9. The van der Waals surface area contributed by atoms with E-state index < -0.39 is 52.5 Å². The molecule has 2 atom stereocenters. The number of hydrogen-bond donors (Lipinski definition) is 2. The van der Waals surface area contributed by atoms with Gasteiger partial charge in [-0.3, -0.25) is 24.1 Å². The standard InChI is InChI=1S/C35H33F3N6O6.C2H6/c1-4-42-27-17-39-11-9-23(27)32(46)44(34(42)49)26-8-7-20(22-6-5-10-40-30(22)26)15-25(33(47)48)41-31(45)29-19(2)14-21(16-24(29)36)43-12-13-50-18-28(43)35(3,37)38;1-2/h5-11,14,16-17,25,28H,4,12-13,15,18H2,1-3H3,(H,41,45)(H,47,48);1-2H3/t25-,28+;/m0./s1. The Morgan fingerprint density at radius 2 is 1.87 bits per heavy atom. The minimum absolute atomic E-state index is 0.0862. The Hall–Kier alpha value is -5.57. The highest BCUT2D eigenvalue weighted by Gasteiger charge is 2.41. The van der Waals surface area contributed by atoms with Crippen LogP contribution in [0.5, 0.6) is 0 Å². The Balaban J connectivity index is 0.00000257. The zero-order valence-corrected chi connectivity index (χ0v) is 29.3. The molecular formula is C37H39F3N6O6. The predicted molar refractivity (Wildman–Crippen MR) is 190 cm³/mol. The van der Waals surface area contributed by atoms with E-state index in [2.05, 4.69) is 15.3 Å². The summed E-state index contributed by atoms with van der Waals surface area (Å²) < 4.78 is 51.8. The molecule has 5 aromatic rings. The van der Waals surface area contributed by atoms with Gasteiger partial charge in [-0.1, -0.05) is 26.0 Å². The van der Waals surface area contributed by atoms with Crippen molar-refractivity contribution >= 4 is 39.4 Å². The number of carboxylic acid groups (broad SMARTS) is 1. The molecule has 15 heteroatoms. The lowest BCUT2D eigenvalue weighted by molar-refractivity contribution is -0.139. The number of carboxylic acids is 1. The van der Waals surface area contributed by atoms with E-state index in [0.717, 1.165) is 17.6 Å². The van der Waals surface area contributed by atoms with E-state index in [4.69, 9.17) is 4.74 Å². The van der Waals surface area contributed by atoms with Crippen molar-refractivity contribution in [2.45, 2.75) is 65.6 Å². The molecule has 12 nitrogen and oxygen atoms in total. The maximum atomic E-state index is 15.5. The number of nitrogens with one attached hydrogen (secondary N) is 1. The molecule has 1 aliphatic rings. The van der Waals surface area contributed by atoms with Crippen LogP contribution in [0.3, 0.4) is 0 Å². The highest BCUT2D eigenvalue weighted by molar-refractivity contribution is 5.99. The van der Waals surface area contributed by atoms with Crippen molar-refractivity contribution in [2.24, 2.45) is 0 Å². The fraction of sp³-hybridized carbons (Fsp3) is 0.351. The molecule has 0 bridgehead atoms. The Morgan fingerprint density at radius 1 is 1.12 bits per heavy atom. The predicted octanol–water partition coefficient (Wildman–Crippen LogP) is 4.88. The summed E-state index contributed by atoms with van der Waals surface area (Å²) in [7, 11) is 0. The van der Waals surface area contributed by atoms with Gasteiger partial charge in [0.15, 0.2) is 0 Å². The number of aryl methyl sites for hydroxylation is 2. The van der Waals surface area contributed by atoms with Crippen LogP contribution in [0.25, 0.3) is 27.5 Å². The van der Waals surface area contributed by atoms with Gasteiger partial charge in [-0.15, -0.1) is 0 Å². The molecule has 0 spiro atoms. The Bertz CT molecular complexity index is 2240. The molecule has 52 heavy (non-hydrogen) atoms. The van der Waals surface area contributed by atoms with Gasteiger partial charge in [0.1, 0.15) is 17.9 Å². The smallest absolute Gasteiger partial charge is 0.336 e. The Labute approximate surface area is 296 Å². The van der Waals surface area contributed by atoms with E-state index >= 15 is 4.39 Å². The number of amides is 1. The van der Waals surface area contributed by atoms with Gasteiger partial charge in [-0.05, 0) is 55.3 Å². The lowest BCUT2D eigenvalue weighted by atomic mass is 9.99. The average Bonchev–Trinajstić information content (AvgIpc) is 3.12. The molecule has 0 aliphatic carbocycles. The van der Waals surface area contributed by atoms with Gasteiger partial charge in [0.05, 0.1) is 47.1 Å². The number of morpholine rings is 1. The number of pyridine rings is 2. The van der Waals surface area contributed by atoms with Crippen LogP contribution in [-0.2, 0) is 22.5 Å². The van der Waals surface area contributed by atoms with Gasteiger partial charge in [-0.2, -0.15) is 0 Å². The monoisotopic (exact) mass is 720 g/mol. The van der Waals surface area contributed by atoms with E-state index in [9.17, 15) is 33.1 Å². The molecule has 0 unspecified atom stereocenters. The van der Waals surface area contributed by atoms with Crippen LogP contribution in [0.15, 0.2) is 70.6 Å². The number of hydrogen-bond acceptors (Lipinski definition) is 8. The number of carbonyl (C=O) groups is 2. The van der Waals surface area contributed by atoms with Crippen LogP contribution in [-0.4, -0.2) is 73.8 Å². The third kappa shape index (κ3) is 7.13. The third-order valence-corrected chi connectivity index (χ3v) is 8.91. The second-order valence-electron chi connectivity index (χ2n) is 12.1. The summed E-state index contributed by atoms with van der Waals surface area (Å²) in [6.45, 7) is 8.20. The van der Waals surface area contributed by atoms with Gasteiger partial charge in [0.2, 0.25) is 0 Å². The number of anilines is 1. The molecule has 6 rings (SSSR count). The SMILES string of the molecule is CC.CCn1c(=O)n(-c2ccc(C[C@H](NC(=O)c3c(C)cc(N4CCOC[C@@H]4C(C)(F)F)cc3F)C(=O)O)c3cccnc23)c(=O)c2ccncc21. The van der Waals surface area contributed by atoms with Crippen LogP contribution in [0.2, 0.25) is 0 Å². The first-order valence-electron chi connectivity index (χ1n) is 16.8. The number of benzene rings is 2. The van der Waals surface area contributed by atoms with Gasteiger partial charge < -0.3 is 20.1 Å².